The van der Waals surface area contributed by atoms with Crippen LogP contribution >= 0.6 is 11.8 Å². The molecule has 9 heteroatoms. The highest BCUT2D eigenvalue weighted by molar-refractivity contribution is 7.99. The number of nitrogens with one attached hydrogen (secondary N) is 1. The average molecular weight is 395 g/mol. The summed E-state index contributed by atoms with van der Waals surface area (Å²) in [5.74, 6) is -0.439. The Bertz CT molecular complexity index is 856. The van der Waals surface area contributed by atoms with Gasteiger partial charge in [-0.15, -0.1) is 0 Å². The molecule has 0 aliphatic carbocycles. The summed E-state index contributed by atoms with van der Waals surface area (Å²) in [7, 11) is 0. The predicted molar refractivity (Wildman–Crippen MR) is 96.6 cm³/mol. The van der Waals surface area contributed by atoms with Gasteiger partial charge in [-0.2, -0.15) is 13.2 Å². The van der Waals surface area contributed by atoms with Crippen LogP contribution in [-0.4, -0.2) is 28.6 Å². The van der Waals surface area contributed by atoms with Gasteiger partial charge in [-0.05, 0) is 31.2 Å². The molecule has 27 heavy (non-hydrogen) atoms. The smallest absolute Gasteiger partial charge is 0.324 e. The molecular weight excluding hydrogens is 379 g/mol. The number of amides is 2. The fraction of sp³-hybridized carbons (Fsp3) is 0.278. The Morgan fingerprint density at radius 2 is 2.04 bits per heavy atom. The van der Waals surface area contributed by atoms with E-state index in [0.717, 1.165) is 24.0 Å². The normalized spacial score (nSPS) is 17.1. The first kappa shape index (κ1) is 19.2. The van der Waals surface area contributed by atoms with E-state index in [0.29, 0.717) is 16.4 Å². The number of para-hydroxylation sites is 2. The molecule has 1 N–H and O–H groups in total. The number of nitrogens with zero attached hydrogens (tertiary/aromatic N) is 2. The van der Waals surface area contributed by atoms with Gasteiger partial charge in [-0.25, -0.2) is 4.98 Å². The van der Waals surface area contributed by atoms with Crippen molar-refractivity contribution in [1.82, 2.24) is 4.98 Å². The van der Waals surface area contributed by atoms with E-state index in [2.05, 4.69) is 10.3 Å². The van der Waals surface area contributed by atoms with E-state index in [-0.39, 0.29) is 30.0 Å². The van der Waals surface area contributed by atoms with E-state index in [9.17, 15) is 22.8 Å². The molecule has 1 unspecified atom stereocenters. The van der Waals surface area contributed by atoms with Gasteiger partial charge in [0, 0.05) is 18.7 Å². The standard InChI is InChI=1S/C18H16F3N3O2S/c1-11-8-15(25)23-13-4-2-3-5-14(13)24(11)17(26)10-27-16-7-6-12(9-22-16)18(19,20)21/h2-7,9,11H,8,10H2,1H3,(H,23,25). The highest BCUT2D eigenvalue weighted by Gasteiger charge is 2.31. The number of aromatic nitrogens is 1. The number of benzene rings is 1. The number of hydrogen-bond acceptors (Lipinski definition) is 4. The average Bonchev–Trinajstić information content (AvgIpc) is 2.73. The monoisotopic (exact) mass is 395 g/mol. The van der Waals surface area contributed by atoms with Crippen molar-refractivity contribution < 1.29 is 22.8 Å². The summed E-state index contributed by atoms with van der Waals surface area (Å²) in [5.41, 5.74) is 0.317. The summed E-state index contributed by atoms with van der Waals surface area (Å²) in [4.78, 5) is 30.1. The molecule has 1 aliphatic heterocycles. The third kappa shape index (κ3) is 4.41. The van der Waals surface area contributed by atoms with E-state index >= 15 is 0 Å². The van der Waals surface area contributed by atoms with Crippen LogP contribution in [0.2, 0.25) is 0 Å². The van der Waals surface area contributed by atoms with Gasteiger partial charge in [0.15, 0.2) is 0 Å². The molecule has 0 saturated heterocycles. The quantitative estimate of drug-likeness (QED) is 0.800. The molecule has 2 heterocycles. The molecule has 0 radical (unpaired) electrons. The summed E-state index contributed by atoms with van der Waals surface area (Å²) in [6.07, 6.45) is -3.54. The molecule has 1 aromatic heterocycles. The maximum absolute atomic E-state index is 12.8. The maximum atomic E-state index is 12.8. The lowest BCUT2D eigenvalue weighted by Gasteiger charge is -2.27. The molecule has 1 aliphatic rings. The molecule has 2 amide bonds. The largest absolute Gasteiger partial charge is 0.417 e. The minimum atomic E-state index is -4.45. The zero-order valence-electron chi connectivity index (χ0n) is 14.3. The number of halogens is 3. The highest BCUT2D eigenvalue weighted by atomic mass is 32.2. The van der Waals surface area contributed by atoms with Gasteiger partial charge >= 0.3 is 6.18 Å². The van der Waals surface area contributed by atoms with Gasteiger partial charge in [-0.3, -0.25) is 9.59 Å². The summed E-state index contributed by atoms with van der Waals surface area (Å²) >= 11 is 1.05. The molecule has 5 nitrogen and oxygen atoms in total. The van der Waals surface area contributed by atoms with E-state index in [1.807, 2.05) is 0 Å². The van der Waals surface area contributed by atoms with Gasteiger partial charge in [0.2, 0.25) is 11.8 Å². The Morgan fingerprint density at radius 3 is 2.70 bits per heavy atom. The van der Waals surface area contributed by atoms with Crippen LogP contribution in [0.3, 0.4) is 0 Å². The second-order valence-electron chi connectivity index (χ2n) is 6.05. The van der Waals surface area contributed by atoms with Crippen molar-refractivity contribution >= 4 is 35.0 Å². The van der Waals surface area contributed by atoms with Crippen LogP contribution in [-0.2, 0) is 15.8 Å². The highest BCUT2D eigenvalue weighted by Crippen LogP contribution is 2.33. The lowest BCUT2D eigenvalue weighted by atomic mass is 10.2. The summed E-state index contributed by atoms with van der Waals surface area (Å²) in [6, 6.07) is 8.83. The number of carbonyl (C=O) groups excluding carboxylic acids is 2. The SMILES string of the molecule is CC1CC(=O)Nc2ccccc2N1C(=O)CSc1ccc(C(F)(F)F)cn1. The van der Waals surface area contributed by atoms with Crippen LogP contribution in [0.25, 0.3) is 0 Å². The second-order valence-corrected chi connectivity index (χ2v) is 7.05. The first-order valence-corrected chi connectivity index (χ1v) is 9.11. The number of hydrogen-bond donors (Lipinski definition) is 1. The van der Waals surface area contributed by atoms with Crippen LogP contribution in [0, 0.1) is 0 Å². The van der Waals surface area contributed by atoms with Gasteiger partial charge in [0.1, 0.15) is 0 Å². The molecule has 0 spiro atoms. The van der Waals surface area contributed by atoms with E-state index < -0.39 is 11.7 Å². The molecule has 3 rings (SSSR count). The lowest BCUT2D eigenvalue weighted by molar-refractivity contribution is -0.138. The summed E-state index contributed by atoms with van der Waals surface area (Å²) < 4.78 is 37.8. The van der Waals surface area contributed by atoms with Gasteiger partial charge in [0.05, 0.1) is 27.7 Å². The van der Waals surface area contributed by atoms with Gasteiger partial charge in [0.25, 0.3) is 0 Å². The van der Waals surface area contributed by atoms with Crippen molar-refractivity contribution in [3.63, 3.8) is 0 Å². The number of anilines is 2. The fourth-order valence-corrected chi connectivity index (χ4v) is 3.51. The number of pyridine rings is 1. The van der Waals surface area contributed by atoms with Crippen molar-refractivity contribution in [1.29, 1.82) is 0 Å². The number of thioether (sulfide) groups is 1. The minimum Gasteiger partial charge on any atom is -0.324 e. The lowest BCUT2D eigenvalue weighted by Crippen LogP contribution is -2.40. The fourth-order valence-electron chi connectivity index (χ4n) is 2.81. The maximum Gasteiger partial charge on any atom is 0.417 e. The van der Waals surface area contributed by atoms with Crippen molar-refractivity contribution in [2.24, 2.45) is 0 Å². The van der Waals surface area contributed by atoms with Crippen LogP contribution in [0.4, 0.5) is 24.5 Å². The van der Waals surface area contributed by atoms with Gasteiger partial charge < -0.3 is 10.2 Å². The van der Waals surface area contributed by atoms with Crippen molar-refractivity contribution in [3.8, 4) is 0 Å². The molecule has 0 bridgehead atoms. The Kier molecular flexibility index (Phi) is 5.41. The first-order valence-electron chi connectivity index (χ1n) is 8.12. The van der Waals surface area contributed by atoms with E-state index in [1.165, 1.54) is 6.07 Å². The number of rotatable bonds is 3. The van der Waals surface area contributed by atoms with Crippen molar-refractivity contribution in [2.45, 2.75) is 30.6 Å². The molecule has 1 aromatic carbocycles. The number of alkyl halides is 3. The molecule has 0 fully saturated rings. The van der Waals surface area contributed by atoms with Crippen LogP contribution < -0.4 is 10.2 Å². The molecule has 0 saturated carbocycles. The zero-order chi connectivity index (χ0) is 19.6. The molecule has 142 valence electrons. The van der Waals surface area contributed by atoms with Crippen LogP contribution in [0.1, 0.15) is 18.9 Å². The van der Waals surface area contributed by atoms with Crippen molar-refractivity contribution in [3.05, 3.63) is 48.2 Å². The zero-order valence-corrected chi connectivity index (χ0v) is 15.1. The van der Waals surface area contributed by atoms with E-state index in [4.69, 9.17) is 0 Å². The van der Waals surface area contributed by atoms with E-state index in [1.54, 1.807) is 36.1 Å². The molecule has 1 atom stereocenters. The van der Waals surface area contributed by atoms with Crippen molar-refractivity contribution in [2.75, 3.05) is 16.0 Å². The summed E-state index contributed by atoms with van der Waals surface area (Å²) in [5, 5.41) is 3.09. The predicted octanol–water partition coefficient (Wildman–Crippen LogP) is 3.96. The molecular formula is C18H16F3N3O2S. The Labute approximate surface area is 158 Å². The minimum absolute atomic E-state index is 0.00870. The molecule has 2 aromatic rings. The second kappa shape index (κ2) is 7.59. The van der Waals surface area contributed by atoms with Crippen LogP contribution in [0.15, 0.2) is 47.6 Å². The summed E-state index contributed by atoms with van der Waals surface area (Å²) in [6.45, 7) is 1.78. The Morgan fingerprint density at radius 1 is 1.30 bits per heavy atom. The number of carbonyl (C=O) groups is 2. The Balaban J connectivity index is 1.74. The first-order chi connectivity index (χ1) is 12.8. The third-order valence-corrected chi connectivity index (χ3v) is 4.96. The number of fused-ring (bicyclic) bond motifs is 1. The van der Waals surface area contributed by atoms with Crippen LogP contribution in [0.5, 0.6) is 0 Å². The third-order valence-electron chi connectivity index (χ3n) is 4.04. The topological polar surface area (TPSA) is 62.3 Å². The van der Waals surface area contributed by atoms with Gasteiger partial charge in [-0.1, -0.05) is 23.9 Å². The Hall–Kier alpha value is -2.55.